The van der Waals surface area contributed by atoms with Crippen LogP contribution in [0.1, 0.15) is 26.2 Å². The fraction of sp³-hybridized carbons (Fsp3) is 0.778. The third-order valence-corrected chi connectivity index (χ3v) is 2.48. The van der Waals surface area contributed by atoms with Gasteiger partial charge in [0.15, 0.2) is 5.79 Å². The van der Waals surface area contributed by atoms with Gasteiger partial charge >= 0.3 is 0 Å². The Hall–Kier alpha value is -0.340. The second-order valence-electron chi connectivity index (χ2n) is 3.36. The quantitative estimate of drug-likeness (QED) is 0.496. The number of rotatable bonds is 0. The molecule has 0 aromatic heterocycles. The average Bonchev–Trinajstić information content (AvgIpc) is 2.45. The zero-order valence-corrected chi connectivity index (χ0v) is 6.93. The summed E-state index contributed by atoms with van der Waals surface area (Å²) in [6.07, 6.45) is 5.34. The molecule has 0 aromatic rings. The Kier molecular flexibility index (Phi) is 1.74. The maximum absolute atomic E-state index is 5.56. The SMILES string of the molecule is CC1=CCC2(CC1)OCCO2. The highest BCUT2D eigenvalue weighted by Crippen LogP contribution is 2.34. The normalized spacial score (nSPS) is 29.0. The zero-order valence-electron chi connectivity index (χ0n) is 6.93. The Morgan fingerprint density at radius 2 is 2.09 bits per heavy atom. The molecule has 2 heteroatoms. The second-order valence-corrected chi connectivity index (χ2v) is 3.36. The number of allylic oxidation sites excluding steroid dienone is 1. The van der Waals surface area contributed by atoms with E-state index in [1.165, 1.54) is 5.57 Å². The van der Waals surface area contributed by atoms with Crippen molar-refractivity contribution < 1.29 is 9.47 Å². The van der Waals surface area contributed by atoms with Gasteiger partial charge in [0, 0.05) is 12.8 Å². The minimum absolute atomic E-state index is 0.223. The lowest BCUT2D eigenvalue weighted by molar-refractivity contribution is -0.161. The molecule has 0 radical (unpaired) electrons. The molecule has 0 aromatic carbocycles. The molecule has 1 fully saturated rings. The fourth-order valence-electron chi connectivity index (χ4n) is 1.68. The molecule has 1 aliphatic carbocycles. The van der Waals surface area contributed by atoms with Crippen molar-refractivity contribution in [2.45, 2.75) is 32.0 Å². The van der Waals surface area contributed by atoms with E-state index >= 15 is 0 Å². The third-order valence-electron chi connectivity index (χ3n) is 2.48. The maximum atomic E-state index is 5.56. The van der Waals surface area contributed by atoms with Crippen LogP contribution in [0.4, 0.5) is 0 Å². The standard InChI is InChI=1S/C9H14O2/c1-8-2-4-9(5-3-8)10-6-7-11-9/h2H,3-7H2,1H3. The molecule has 1 heterocycles. The van der Waals surface area contributed by atoms with Crippen molar-refractivity contribution in [2.75, 3.05) is 13.2 Å². The molecule has 62 valence electrons. The first-order chi connectivity index (χ1) is 5.31. The lowest BCUT2D eigenvalue weighted by Crippen LogP contribution is -2.31. The van der Waals surface area contributed by atoms with Crippen LogP contribution >= 0.6 is 0 Å². The minimum atomic E-state index is -0.223. The zero-order chi connectivity index (χ0) is 7.73. The van der Waals surface area contributed by atoms with Crippen molar-refractivity contribution in [2.24, 2.45) is 0 Å². The lowest BCUT2D eigenvalue weighted by Gasteiger charge is -2.29. The Bertz CT molecular complexity index is 178. The highest BCUT2D eigenvalue weighted by molar-refractivity contribution is 5.06. The van der Waals surface area contributed by atoms with Crippen molar-refractivity contribution in [1.82, 2.24) is 0 Å². The molecule has 0 amide bonds. The minimum Gasteiger partial charge on any atom is -0.347 e. The average molecular weight is 154 g/mol. The van der Waals surface area contributed by atoms with Gasteiger partial charge < -0.3 is 9.47 Å². The summed E-state index contributed by atoms with van der Waals surface area (Å²) >= 11 is 0. The van der Waals surface area contributed by atoms with Crippen LogP contribution in [0, 0.1) is 0 Å². The van der Waals surface area contributed by atoms with Gasteiger partial charge in [-0.05, 0) is 13.3 Å². The molecule has 0 N–H and O–H groups in total. The van der Waals surface area contributed by atoms with E-state index in [0.29, 0.717) is 0 Å². The van der Waals surface area contributed by atoms with E-state index in [1.54, 1.807) is 0 Å². The van der Waals surface area contributed by atoms with E-state index in [-0.39, 0.29) is 5.79 Å². The van der Waals surface area contributed by atoms with Crippen molar-refractivity contribution in [3.63, 3.8) is 0 Å². The van der Waals surface area contributed by atoms with Crippen LogP contribution in [0.2, 0.25) is 0 Å². The predicted molar refractivity (Wildman–Crippen MR) is 42.2 cm³/mol. The molecule has 11 heavy (non-hydrogen) atoms. The molecule has 2 rings (SSSR count). The Morgan fingerprint density at radius 3 is 2.64 bits per heavy atom. The van der Waals surface area contributed by atoms with Crippen LogP contribution in [0.15, 0.2) is 11.6 Å². The van der Waals surface area contributed by atoms with E-state index in [0.717, 1.165) is 32.5 Å². The summed E-state index contributed by atoms with van der Waals surface area (Å²) in [6, 6.07) is 0. The van der Waals surface area contributed by atoms with Gasteiger partial charge in [0.25, 0.3) is 0 Å². The van der Waals surface area contributed by atoms with Crippen molar-refractivity contribution in [1.29, 1.82) is 0 Å². The first-order valence-corrected chi connectivity index (χ1v) is 4.24. The van der Waals surface area contributed by atoms with E-state index in [4.69, 9.17) is 9.47 Å². The molecule has 0 saturated carbocycles. The van der Waals surface area contributed by atoms with Crippen LogP contribution < -0.4 is 0 Å². The van der Waals surface area contributed by atoms with Gasteiger partial charge in [-0.15, -0.1) is 0 Å². The van der Waals surface area contributed by atoms with E-state index in [2.05, 4.69) is 13.0 Å². The summed E-state index contributed by atoms with van der Waals surface area (Å²) in [5, 5.41) is 0. The number of hydrogen-bond donors (Lipinski definition) is 0. The molecule has 0 bridgehead atoms. The van der Waals surface area contributed by atoms with Crippen molar-refractivity contribution >= 4 is 0 Å². The predicted octanol–water partition coefficient (Wildman–Crippen LogP) is 1.86. The topological polar surface area (TPSA) is 18.5 Å². The smallest absolute Gasteiger partial charge is 0.172 e. The van der Waals surface area contributed by atoms with E-state index in [9.17, 15) is 0 Å². The Labute approximate surface area is 67.2 Å². The Morgan fingerprint density at radius 1 is 1.36 bits per heavy atom. The van der Waals surface area contributed by atoms with Gasteiger partial charge in [-0.3, -0.25) is 0 Å². The first kappa shape index (κ1) is 7.32. The highest BCUT2D eigenvalue weighted by atomic mass is 16.7. The van der Waals surface area contributed by atoms with Crippen LogP contribution in [-0.4, -0.2) is 19.0 Å². The molecule has 2 nitrogen and oxygen atoms in total. The summed E-state index contributed by atoms with van der Waals surface area (Å²) in [5.41, 5.74) is 1.47. The molecule has 2 aliphatic rings. The molecule has 1 spiro atoms. The molecule has 1 saturated heterocycles. The summed E-state index contributed by atoms with van der Waals surface area (Å²) < 4.78 is 11.1. The fourth-order valence-corrected chi connectivity index (χ4v) is 1.68. The Balaban J connectivity index is 2.06. The van der Waals surface area contributed by atoms with Gasteiger partial charge in [-0.25, -0.2) is 0 Å². The third kappa shape index (κ3) is 1.33. The molecule has 1 aliphatic heterocycles. The monoisotopic (exact) mass is 154 g/mol. The maximum Gasteiger partial charge on any atom is 0.172 e. The van der Waals surface area contributed by atoms with E-state index in [1.807, 2.05) is 0 Å². The first-order valence-electron chi connectivity index (χ1n) is 4.24. The van der Waals surface area contributed by atoms with Gasteiger partial charge in [-0.2, -0.15) is 0 Å². The summed E-state index contributed by atoms with van der Waals surface area (Å²) in [5.74, 6) is -0.223. The summed E-state index contributed by atoms with van der Waals surface area (Å²) in [7, 11) is 0. The van der Waals surface area contributed by atoms with Crippen molar-refractivity contribution in [3.8, 4) is 0 Å². The number of hydrogen-bond acceptors (Lipinski definition) is 2. The van der Waals surface area contributed by atoms with Gasteiger partial charge in [-0.1, -0.05) is 11.6 Å². The van der Waals surface area contributed by atoms with Crippen LogP contribution in [0.25, 0.3) is 0 Å². The lowest BCUT2D eigenvalue weighted by atomic mass is 9.95. The second kappa shape index (κ2) is 2.61. The van der Waals surface area contributed by atoms with Gasteiger partial charge in [0.2, 0.25) is 0 Å². The molecular formula is C9H14O2. The van der Waals surface area contributed by atoms with Gasteiger partial charge in [0.1, 0.15) is 0 Å². The van der Waals surface area contributed by atoms with Crippen LogP contribution in [-0.2, 0) is 9.47 Å². The largest absolute Gasteiger partial charge is 0.347 e. The van der Waals surface area contributed by atoms with Gasteiger partial charge in [0.05, 0.1) is 13.2 Å². The molecule has 0 unspecified atom stereocenters. The summed E-state index contributed by atoms with van der Waals surface area (Å²) in [4.78, 5) is 0. The van der Waals surface area contributed by atoms with Crippen LogP contribution in [0.5, 0.6) is 0 Å². The number of ether oxygens (including phenoxy) is 2. The summed E-state index contributed by atoms with van der Waals surface area (Å²) in [6.45, 7) is 3.71. The molecular weight excluding hydrogens is 140 g/mol. The highest BCUT2D eigenvalue weighted by Gasteiger charge is 2.36. The van der Waals surface area contributed by atoms with Crippen molar-refractivity contribution in [3.05, 3.63) is 11.6 Å². The van der Waals surface area contributed by atoms with E-state index < -0.39 is 0 Å². The molecule has 0 atom stereocenters. The van der Waals surface area contributed by atoms with Crippen LogP contribution in [0.3, 0.4) is 0 Å².